The van der Waals surface area contributed by atoms with Gasteiger partial charge in [0.15, 0.2) is 0 Å². The first-order valence-electron chi connectivity index (χ1n) is 11.5. The number of phenolic OH excluding ortho intramolecular Hbond substituents is 1. The first kappa shape index (κ1) is 25.2. The van der Waals surface area contributed by atoms with E-state index in [9.17, 15) is 14.3 Å². The van der Waals surface area contributed by atoms with Crippen LogP contribution < -0.4 is 4.90 Å². The van der Waals surface area contributed by atoms with E-state index in [1.165, 1.54) is 12.1 Å². The Labute approximate surface area is 216 Å². The molecule has 0 saturated carbocycles. The Morgan fingerprint density at radius 2 is 1.89 bits per heavy atom. The van der Waals surface area contributed by atoms with Crippen LogP contribution in [0.15, 0.2) is 78.9 Å². The summed E-state index contributed by atoms with van der Waals surface area (Å²) >= 11 is 6.37. The zero-order valence-electron chi connectivity index (χ0n) is 19.3. The number of hydrogen-bond acceptors (Lipinski definition) is 3. The molecule has 5 rings (SSSR count). The van der Waals surface area contributed by atoms with Crippen LogP contribution in [0.2, 0.25) is 5.02 Å². The summed E-state index contributed by atoms with van der Waals surface area (Å²) in [6, 6.07) is 19.6. The average Bonchev–Trinajstić information content (AvgIpc) is 3.12. The Morgan fingerprint density at radius 1 is 1.09 bits per heavy atom. The third-order valence-corrected chi connectivity index (χ3v) is 7.31. The minimum atomic E-state index is -0.446. The van der Waals surface area contributed by atoms with Crippen LogP contribution in [0.1, 0.15) is 25.3 Å². The van der Waals surface area contributed by atoms with Gasteiger partial charge < -0.3 is 5.11 Å². The van der Waals surface area contributed by atoms with Crippen LogP contribution in [-0.2, 0) is 11.3 Å². The molecule has 1 amide bonds. The Bertz CT molecular complexity index is 1280. The van der Waals surface area contributed by atoms with Crippen LogP contribution in [0.4, 0.5) is 10.1 Å². The van der Waals surface area contributed by atoms with Gasteiger partial charge in [0.1, 0.15) is 11.6 Å². The minimum absolute atomic E-state index is 0. The van der Waals surface area contributed by atoms with Gasteiger partial charge in [0.2, 0.25) is 0 Å². The molecule has 0 aromatic heterocycles. The van der Waals surface area contributed by atoms with Crippen molar-refractivity contribution in [1.29, 1.82) is 0 Å². The first-order chi connectivity index (χ1) is 16.4. The van der Waals surface area contributed by atoms with E-state index in [-0.39, 0.29) is 35.9 Å². The van der Waals surface area contributed by atoms with E-state index in [2.05, 4.69) is 11.8 Å². The van der Waals surface area contributed by atoms with Gasteiger partial charge in [-0.3, -0.25) is 14.6 Å². The van der Waals surface area contributed by atoms with Gasteiger partial charge in [0.25, 0.3) is 5.91 Å². The van der Waals surface area contributed by atoms with Crippen LogP contribution in [0.3, 0.4) is 0 Å². The maximum Gasteiger partial charge on any atom is 0.251 e. The molecule has 0 radical (unpaired) electrons. The molecular weight excluding hydrogens is 486 g/mol. The number of hydrogen-bond donors (Lipinski definition) is 1. The molecule has 7 heteroatoms. The molecule has 0 unspecified atom stereocenters. The third kappa shape index (κ3) is 4.81. The molecule has 0 aliphatic carbocycles. The molecule has 2 aliphatic rings. The normalized spacial score (nSPS) is 22.0. The van der Waals surface area contributed by atoms with Crippen molar-refractivity contribution in [3.63, 3.8) is 0 Å². The number of phenols is 1. The zero-order chi connectivity index (χ0) is 23.9. The van der Waals surface area contributed by atoms with Crippen LogP contribution >= 0.6 is 24.0 Å². The lowest BCUT2D eigenvalue weighted by Crippen LogP contribution is -2.56. The summed E-state index contributed by atoms with van der Waals surface area (Å²) in [5.74, 6) is -0.253. The predicted octanol–water partition coefficient (Wildman–Crippen LogP) is 6.60. The number of carbonyl (C=O) groups excluding carboxylic acids is 1. The molecule has 2 aliphatic heterocycles. The monoisotopic (exact) mass is 512 g/mol. The lowest BCUT2D eigenvalue weighted by atomic mass is 9.82. The Hall–Kier alpha value is -2.86. The Kier molecular flexibility index (Phi) is 7.22. The van der Waals surface area contributed by atoms with Crippen LogP contribution in [-0.4, -0.2) is 34.0 Å². The highest BCUT2D eigenvalue weighted by Crippen LogP contribution is 2.41. The largest absolute Gasteiger partial charge is 0.507 e. The van der Waals surface area contributed by atoms with E-state index >= 15 is 0 Å². The van der Waals surface area contributed by atoms with Gasteiger partial charge >= 0.3 is 0 Å². The minimum Gasteiger partial charge on any atom is -0.507 e. The van der Waals surface area contributed by atoms with E-state index in [0.29, 0.717) is 22.8 Å². The molecule has 3 aromatic rings. The summed E-state index contributed by atoms with van der Waals surface area (Å²) in [6.07, 6.45) is 5.11. The van der Waals surface area contributed by atoms with Gasteiger partial charge in [-0.05, 0) is 61.7 Å². The molecule has 2 heterocycles. The number of nitrogens with zero attached hydrogens (tertiary/aromatic N) is 2. The standard InChI is InChI=1S/C28H26ClFN2O2.ClH/c1-19-17-28(12-11-27(34)32(28)22-6-4-5-21(30)16-22)13-14-31(19)18-20-9-10-26(33)24(15-20)23-7-2-3-8-25(23)29;/h2-12,15-16,19,33H,13-14,17-18H2,1H3;1H/t19-,28+;/m0./s1. The second-order valence-corrected chi connectivity index (χ2v) is 9.60. The molecule has 2 atom stereocenters. The number of aromatic hydroxyl groups is 1. The first-order valence-corrected chi connectivity index (χ1v) is 11.8. The van der Waals surface area contributed by atoms with Crippen molar-refractivity contribution in [1.82, 2.24) is 4.90 Å². The number of benzene rings is 3. The van der Waals surface area contributed by atoms with Crippen LogP contribution in [0.25, 0.3) is 11.1 Å². The van der Waals surface area contributed by atoms with Gasteiger partial charge in [-0.1, -0.05) is 48.0 Å². The van der Waals surface area contributed by atoms with Crippen LogP contribution in [0.5, 0.6) is 5.75 Å². The second-order valence-electron chi connectivity index (χ2n) is 9.20. The molecule has 1 saturated heterocycles. The smallest absolute Gasteiger partial charge is 0.251 e. The molecule has 182 valence electrons. The summed E-state index contributed by atoms with van der Waals surface area (Å²) in [4.78, 5) is 16.9. The molecule has 35 heavy (non-hydrogen) atoms. The number of rotatable bonds is 4. The molecule has 1 N–H and O–H groups in total. The molecule has 0 bridgehead atoms. The van der Waals surface area contributed by atoms with E-state index < -0.39 is 5.54 Å². The topological polar surface area (TPSA) is 43.8 Å². The SMILES string of the molecule is C[C@H]1C[C@@]2(C=CC(=O)N2c2cccc(F)c2)CCN1Cc1ccc(O)c(-c2ccccc2Cl)c1.Cl. The number of carbonyl (C=O) groups is 1. The summed E-state index contributed by atoms with van der Waals surface area (Å²) in [5, 5.41) is 11.0. The van der Waals surface area contributed by atoms with Crippen molar-refractivity contribution in [2.75, 3.05) is 11.4 Å². The van der Waals surface area contributed by atoms with E-state index in [4.69, 9.17) is 11.6 Å². The molecule has 4 nitrogen and oxygen atoms in total. The van der Waals surface area contributed by atoms with E-state index in [1.807, 2.05) is 42.5 Å². The Balaban J connectivity index is 0.00000289. The number of halogens is 3. The van der Waals surface area contributed by atoms with Gasteiger partial charge in [-0.15, -0.1) is 12.4 Å². The van der Waals surface area contributed by atoms with Crippen molar-refractivity contribution < 1.29 is 14.3 Å². The maximum absolute atomic E-state index is 13.9. The number of anilines is 1. The molecular formula is C28H27Cl2FN2O2. The van der Waals surface area contributed by atoms with Crippen molar-refractivity contribution in [2.24, 2.45) is 0 Å². The average molecular weight is 513 g/mol. The van der Waals surface area contributed by atoms with Crippen molar-refractivity contribution in [3.8, 4) is 16.9 Å². The van der Waals surface area contributed by atoms with Gasteiger partial charge in [0, 0.05) is 47.0 Å². The van der Waals surface area contributed by atoms with E-state index in [0.717, 1.165) is 30.5 Å². The second kappa shape index (κ2) is 10.0. The highest BCUT2D eigenvalue weighted by molar-refractivity contribution is 6.33. The van der Waals surface area contributed by atoms with Gasteiger partial charge in [-0.25, -0.2) is 4.39 Å². The van der Waals surface area contributed by atoms with Crippen molar-refractivity contribution in [3.05, 3.63) is 95.3 Å². The highest BCUT2D eigenvalue weighted by Gasteiger charge is 2.46. The molecule has 1 fully saturated rings. The highest BCUT2D eigenvalue weighted by atomic mass is 35.5. The quantitative estimate of drug-likeness (QED) is 0.428. The molecule has 3 aromatic carbocycles. The summed E-state index contributed by atoms with van der Waals surface area (Å²) in [5.41, 5.74) is 2.74. The molecule has 1 spiro atoms. The maximum atomic E-state index is 13.9. The fourth-order valence-electron chi connectivity index (χ4n) is 5.30. The predicted molar refractivity (Wildman–Crippen MR) is 141 cm³/mol. The van der Waals surface area contributed by atoms with Crippen LogP contribution in [0, 0.1) is 5.82 Å². The van der Waals surface area contributed by atoms with Gasteiger partial charge in [-0.2, -0.15) is 0 Å². The lowest BCUT2D eigenvalue weighted by Gasteiger charge is -2.47. The Morgan fingerprint density at radius 3 is 2.63 bits per heavy atom. The number of likely N-dealkylation sites (tertiary alicyclic amines) is 1. The third-order valence-electron chi connectivity index (χ3n) is 6.98. The van der Waals surface area contributed by atoms with Crippen molar-refractivity contribution in [2.45, 2.75) is 37.9 Å². The lowest BCUT2D eigenvalue weighted by molar-refractivity contribution is -0.114. The van der Waals surface area contributed by atoms with Crippen molar-refractivity contribution >= 4 is 35.6 Å². The number of piperidine rings is 1. The summed E-state index contributed by atoms with van der Waals surface area (Å²) in [6.45, 7) is 3.66. The fraction of sp³-hybridized carbons (Fsp3) is 0.250. The zero-order valence-corrected chi connectivity index (χ0v) is 20.9. The summed E-state index contributed by atoms with van der Waals surface area (Å²) in [7, 11) is 0. The summed E-state index contributed by atoms with van der Waals surface area (Å²) < 4.78 is 13.9. The number of amides is 1. The van der Waals surface area contributed by atoms with Gasteiger partial charge in [0.05, 0.1) is 5.54 Å². The fourth-order valence-corrected chi connectivity index (χ4v) is 5.53. The van der Waals surface area contributed by atoms with E-state index in [1.54, 1.807) is 29.2 Å².